The minimum absolute atomic E-state index is 0.0304. The molecule has 17 heavy (non-hydrogen) atoms. The van der Waals surface area contributed by atoms with Gasteiger partial charge in [0.05, 0.1) is 6.04 Å². The lowest BCUT2D eigenvalue weighted by atomic mass is 10.1. The Labute approximate surface area is 101 Å². The standard InChI is InChI=1S/C13H17NO3/c1-3-13(15)14-8-4-5-11(14)12-7-6-10(17-12)9-16-2/h3,6-7,11H,1,4-5,8-9H2,2H3. The van der Waals surface area contributed by atoms with Gasteiger partial charge in [0.25, 0.3) is 0 Å². The van der Waals surface area contributed by atoms with E-state index < -0.39 is 0 Å². The number of likely N-dealkylation sites (tertiary alicyclic amines) is 1. The van der Waals surface area contributed by atoms with Crippen LogP contribution >= 0.6 is 0 Å². The Bertz CT molecular complexity index is 411. The molecule has 4 heteroatoms. The molecule has 1 aliphatic heterocycles. The Balaban J connectivity index is 2.14. The summed E-state index contributed by atoms with van der Waals surface area (Å²) in [4.78, 5) is 13.5. The fraction of sp³-hybridized carbons (Fsp3) is 0.462. The van der Waals surface area contributed by atoms with Crippen molar-refractivity contribution in [2.75, 3.05) is 13.7 Å². The quantitative estimate of drug-likeness (QED) is 0.752. The van der Waals surface area contributed by atoms with Gasteiger partial charge in [-0.05, 0) is 31.1 Å². The van der Waals surface area contributed by atoms with E-state index in [-0.39, 0.29) is 11.9 Å². The van der Waals surface area contributed by atoms with Crippen LogP contribution in [0.5, 0.6) is 0 Å². The summed E-state index contributed by atoms with van der Waals surface area (Å²) in [7, 11) is 1.63. The third-order valence-electron chi connectivity index (χ3n) is 3.01. The van der Waals surface area contributed by atoms with Crippen LogP contribution in [0.3, 0.4) is 0 Å². The van der Waals surface area contributed by atoms with Gasteiger partial charge in [0, 0.05) is 13.7 Å². The van der Waals surface area contributed by atoms with E-state index in [2.05, 4.69) is 6.58 Å². The van der Waals surface area contributed by atoms with Crippen LogP contribution in [0.4, 0.5) is 0 Å². The summed E-state index contributed by atoms with van der Waals surface area (Å²) >= 11 is 0. The zero-order valence-electron chi connectivity index (χ0n) is 10.0. The van der Waals surface area contributed by atoms with E-state index in [1.165, 1.54) is 6.08 Å². The monoisotopic (exact) mass is 235 g/mol. The van der Waals surface area contributed by atoms with Gasteiger partial charge in [0.2, 0.25) is 5.91 Å². The predicted octanol–water partition coefficient (Wildman–Crippen LogP) is 2.28. The van der Waals surface area contributed by atoms with Gasteiger partial charge in [-0.1, -0.05) is 6.58 Å². The summed E-state index contributed by atoms with van der Waals surface area (Å²) in [6, 6.07) is 3.87. The number of amides is 1. The molecule has 1 aliphatic rings. The maximum absolute atomic E-state index is 11.7. The van der Waals surface area contributed by atoms with Crippen molar-refractivity contribution in [1.82, 2.24) is 4.90 Å². The largest absolute Gasteiger partial charge is 0.461 e. The highest BCUT2D eigenvalue weighted by Gasteiger charge is 2.30. The van der Waals surface area contributed by atoms with Gasteiger partial charge < -0.3 is 14.1 Å². The highest BCUT2D eigenvalue weighted by atomic mass is 16.5. The topological polar surface area (TPSA) is 42.7 Å². The van der Waals surface area contributed by atoms with E-state index in [1.54, 1.807) is 7.11 Å². The minimum atomic E-state index is -0.0304. The SMILES string of the molecule is C=CC(=O)N1CCCC1c1ccc(COC)o1. The molecule has 1 unspecified atom stereocenters. The van der Waals surface area contributed by atoms with Crippen molar-refractivity contribution < 1.29 is 13.9 Å². The maximum Gasteiger partial charge on any atom is 0.246 e. The Kier molecular flexibility index (Phi) is 3.64. The zero-order valence-corrected chi connectivity index (χ0v) is 10.0. The lowest BCUT2D eigenvalue weighted by molar-refractivity contribution is -0.127. The summed E-state index contributed by atoms with van der Waals surface area (Å²) in [5, 5.41) is 0. The Morgan fingerprint density at radius 3 is 3.24 bits per heavy atom. The second kappa shape index (κ2) is 5.19. The molecule has 1 amide bonds. The number of ether oxygens (including phenoxy) is 1. The number of carbonyl (C=O) groups is 1. The molecule has 1 aromatic heterocycles. The molecule has 0 aliphatic carbocycles. The average Bonchev–Trinajstić information content (AvgIpc) is 2.95. The normalized spacial score (nSPS) is 19.6. The second-order valence-corrected chi connectivity index (χ2v) is 4.13. The molecule has 1 atom stereocenters. The lowest BCUT2D eigenvalue weighted by Crippen LogP contribution is -2.28. The lowest BCUT2D eigenvalue weighted by Gasteiger charge is -2.21. The van der Waals surface area contributed by atoms with Crippen molar-refractivity contribution in [3.63, 3.8) is 0 Å². The van der Waals surface area contributed by atoms with Crippen LogP contribution in [0.25, 0.3) is 0 Å². The van der Waals surface area contributed by atoms with Crippen molar-refractivity contribution in [2.24, 2.45) is 0 Å². The first-order chi connectivity index (χ1) is 8.26. The highest BCUT2D eigenvalue weighted by Crippen LogP contribution is 2.33. The van der Waals surface area contributed by atoms with Crippen molar-refractivity contribution >= 4 is 5.91 Å². The van der Waals surface area contributed by atoms with Gasteiger partial charge in [-0.2, -0.15) is 0 Å². The number of rotatable bonds is 4. The third kappa shape index (κ3) is 2.42. The van der Waals surface area contributed by atoms with Crippen molar-refractivity contribution in [1.29, 1.82) is 0 Å². The first-order valence-electron chi connectivity index (χ1n) is 5.77. The second-order valence-electron chi connectivity index (χ2n) is 4.13. The Morgan fingerprint density at radius 2 is 2.53 bits per heavy atom. The van der Waals surface area contributed by atoms with E-state index in [1.807, 2.05) is 17.0 Å². The fourth-order valence-electron chi connectivity index (χ4n) is 2.24. The van der Waals surface area contributed by atoms with Crippen molar-refractivity contribution in [2.45, 2.75) is 25.5 Å². The van der Waals surface area contributed by atoms with E-state index in [9.17, 15) is 4.79 Å². The van der Waals surface area contributed by atoms with Gasteiger partial charge in [-0.3, -0.25) is 4.79 Å². The fourth-order valence-corrected chi connectivity index (χ4v) is 2.24. The molecule has 0 N–H and O–H groups in total. The minimum Gasteiger partial charge on any atom is -0.461 e. The first kappa shape index (κ1) is 11.9. The maximum atomic E-state index is 11.7. The summed E-state index contributed by atoms with van der Waals surface area (Å²) < 4.78 is 10.7. The van der Waals surface area contributed by atoms with Crippen LogP contribution in [-0.2, 0) is 16.1 Å². The van der Waals surface area contributed by atoms with Gasteiger partial charge in [-0.25, -0.2) is 0 Å². The molecular formula is C13H17NO3. The average molecular weight is 235 g/mol. The molecular weight excluding hydrogens is 218 g/mol. The molecule has 0 saturated carbocycles. The molecule has 1 aromatic rings. The van der Waals surface area contributed by atoms with Crippen LogP contribution in [-0.4, -0.2) is 24.5 Å². The number of hydrogen-bond donors (Lipinski definition) is 0. The third-order valence-corrected chi connectivity index (χ3v) is 3.01. The van der Waals surface area contributed by atoms with Crippen LogP contribution in [0.2, 0.25) is 0 Å². The van der Waals surface area contributed by atoms with Crippen LogP contribution in [0.15, 0.2) is 29.2 Å². The molecule has 4 nitrogen and oxygen atoms in total. The predicted molar refractivity (Wildman–Crippen MR) is 63.3 cm³/mol. The van der Waals surface area contributed by atoms with E-state index in [4.69, 9.17) is 9.15 Å². The number of carbonyl (C=O) groups excluding carboxylic acids is 1. The molecule has 0 aromatic carbocycles. The number of methoxy groups -OCH3 is 1. The molecule has 0 spiro atoms. The Morgan fingerprint density at radius 1 is 1.71 bits per heavy atom. The van der Waals surface area contributed by atoms with Crippen LogP contribution in [0.1, 0.15) is 30.4 Å². The summed E-state index contributed by atoms with van der Waals surface area (Å²) in [5.74, 6) is 1.60. The van der Waals surface area contributed by atoms with Gasteiger partial charge >= 0.3 is 0 Å². The number of nitrogens with zero attached hydrogens (tertiary/aromatic N) is 1. The molecule has 2 rings (SSSR count). The van der Waals surface area contributed by atoms with Gasteiger partial charge in [0.15, 0.2) is 0 Å². The highest BCUT2D eigenvalue weighted by molar-refractivity contribution is 5.87. The first-order valence-corrected chi connectivity index (χ1v) is 5.77. The smallest absolute Gasteiger partial charge is 0.246 e. The zero-order chi connectivity index (χ0) is 12.3. The van der Waals surface area contributed by atoms with Crippen molar-refractivity contribution in [3.05, 3.63) is 36.3 Å². The molecule has 2 heterocycles. The van der Waals surface area contributed by atoms with E-state index in [0.29, 0.717) is 6.61 Å². The molecule has 0 radical (unpaired) electrons. The molecule has 1 fully saturated rings. The van der Waals surface area contributed by atoms with Gasteiger partial charge in [-0.15, -0.1) is 0 Å². The molecule has 0 bridgehead atoms. The van der Waals surface area contributed by atoms with E-state index in [0.717, 1.165) is 30.9 Å². The molecule has 1 saturated heterocycles. The number of hydrogen-bond acceptors (Lipinski definition) is 3. The van der Waals surface area contributed by atoms with Crippen LogP contribution in [0, 0.1) is 0 Å². The summed E-state index contributed by atoms with van der Waals surface area (Å²) in [5.41, 5.74) is 0. The summed E-state index contributed by atoms with van der Waals surface area (Å²) in [6.07, 6.45) is 3.31. The molecule has 92 valence electrons. The van der Waals surface area contributed by atoms with Crippen LogP contribution < -0.4 is 0 Å². The van der Waals surface area contributed by atoms with E-state index >= 15 is 0 Å². The summed E-state index contributed by atoms with van der Waals surface area (Å²) in [6.45, 7) is 4.76. The van der Waals surface area contributed by atoms with Gasteiger partial charge in [0.1, 0.15) is 18.1 Å². The van der Waals surface area contributed by atoms with Crippen molar-refractivity contribution in [3.8, 4) is 0 Å². The Hall–Kier alpha value is -1.55. The number of furan rings is 1.